The molecular formula is C13H23N3O4. The fraction of sp³-hybridized carbons (Fsp3) is 0.769. The van der Waals surface area contributed by atoms with Crippen LogP contribution in [0.1, 0.15) is 33.6 Å². The van der Waals surface area contributed by atoms with Gasteiger partial charge in [0.2, 0.25) is 5.91 Å². The highest BCUT2D eigenvalue weighted by Gasteiger charge is 2.29. The van der Waals surface area contributed by atoms with Crippen LogP contribution in [0.5, 0.6) is 0 Å². The average molecular weight is 285 g/mol. The van der Waals surface area contributed by atoms with Gasteiger partial charge in [0.25, 0.3) is 0 Å². The molecule has 0 radical (unpaired) electrons. The summed E-state index contributed by atoms with van der Waals surface area (Å²) in [6, 6.07) is -1.31. The van der Waals surface area contributed by atoms with Crippen molar-refractivity contribution < 1.29 is 19.5 Å². The van der Waals surface area contributed by atoms with Crippen LogP contribution in [0.15, 0.2) is 0 Å². The van der Waals surface area contributed by atoms with Crippen LogP contribution in [0.3, 0.4) is 0 Å². The van der Waals surface area contributed by atoms with Gasteiger partial charge in [0, 0.05) is 26.1 Å². The van der Waals surface area contributed by atoms with Crippen LogP contribution in [-0.4, -0.2) is 53.1 Å². The first-order valence-electron chi connectivity index (χ1n) is 6.85. The molecule has 0 spiro atoms. The number of hydrogen-bond donors (Lipinski definition) is 3. The zero-order valence-corrected chi connectivity index (χ0v) is 12.2. The Bertz CT molecular complexity index is 384. The first kappa shape index (κ1) is 16.3. The summed E-state index contributed by atoms with van der Waals surface area (Å²) in [4.78, 5) is 35.6. The highest BCUT2D eigenvalue weighted by molar-refractivity contribution is 5.82. The number of nitrogens with zero attached hydrogens (tertiary/aromatic N) is 1. The number of amides is 3. The molecule has 0 aromatic carbocycles. The average Bonchev–Trinajstić information content (AvgIpc) is 2.74. The largest absolute Gasteiger partial charge is 0.480 e. The van der Waals surface area contributed by atoms with Crippen LogP contribution in [0, 0.1) is 5.92 Å². The topological polar surface area (TPSA) is 98.7 Å². The second-order valence-corrected chi connectivity index (χ2v) is 5.60. The molecule has 7 nitrogen and oxygen atoms in total. The molecule has 1 aliphatic heterocycles. The van der Waals surface area contributed by atoms with E-state index in [1.807, 2.05) is 13.8 Å². The van der Waals surface area contributed by atoms with Crippen LogP contribution < -0.4 is 10.6 Å². The summed E-state index contributed by atoms with van der Waals surface area (Å²) < 4.78 is 0. The normalized spacial score (nSPS) is 19.8. The third-order valence-corrected chi connectivity index (χ3v) is 3.19. The molecule has 3 N–H and O–H groups in total. The molecule has 2 unspecified atom stereocenters. The summed E-state index contributed by atoms with van der Waals surface area (Å²) >= 11 is 0. The number of carbonyl (C=O) groups is 3. The summed E-state index contributed by atoms with van der Waals surface area (Å²) in [5.41, 5.74) is 0. The standard InChI is InChI=1S/C13H23N3O4/c1-8(2)6-11(12(18)19)15-13(20)16-5-4-10(7-16)14-9(3)17/h8,10-11H,4-7H2,1-3H3,(H,14,17)(H,15,20)(H,18,19). The number of likely N-dealkylation sites (tertiary alicyclic amines) is 1. The Morgan fingerprint density at radius 1 is 1.35 bits per heavy atom. The Morgan fingerprint density at radius 2 is 2.00 bits per heavy atom. The summed E-state index contributed by atoms with van der Waals surface area (Å²) in [6.07, 6.45) is 1.08. The molecule has 1 saturated heterocycles. The Balaban J connectivity index is 2.49. The minimum absolute atomic E-state index is 0.0494. The van der Waals surface area contributed by atoms with Crippen LogP contribution >= 0.6 is 0 Å². The van der Waals surface area contributed by atoms with E-state index in [9.17, 15) is 14.4 Å². The van der Waals surface area contributed by atoms with Gasteiger partial charge in [-0.05, 0) is 18.8 Å². The molecular weight excluding hydrogens is 262 g/mol. The van der Waals surface area contributed by atoms with E-state index in [0.717, 1.165) is 0 Å². The Hall–Kier alpha value is -1.79. The van der Waals surface area contributed by atoms with Crippen molar-refractivity contribution in [3.63, 3.8) is 0 Å². The fourth-order valence-electron chi connectivity index (χ4n) is 2.28. The first-order chi connectivity index (χ1) is 9.29. The maximum Gasteiger partial charge on any atom is 0.326 e. The van der Waals surface area contributed by atoms with Crippen molar-refractivity contribution >= 4 is 17.9 Å². The number of carboxylic acids is 1. The Morgan fingerprint density at radius 3 is 2.50 bits per heavy atom. The van der Waals surface area contributed by atoms with Crippen molar-refractivity contribution in [2.45, 2.75) is 45.7 Å². The molecule has 1 rings (SSSR count). The molecule has 0 saturated carbocycles. The Kier molecular flexibility index (Phi) is 5.79. The van der Waals surface area contributed by atoms with Gasteiger partial charge in [-0.3, -0.25) is 4.79 Å². The van der Waals surface area contributed by atoms with Crippen LogP contribution in [0.4, 0.5) is 4.79 Å². The van der Waals surface area contributed by atoms with Gasteiger partial charge in [0.05, 0.1) is 0 Å². The second kappa shape index (κ2) is 7.12. The number of aliphatic carboxylic acids is 1. The van der Waals surface area contributed by atoms with Gasteiger partial charge < -0.3 is 20.6 Å². The van der Waals surface area contributed by atoms with E-state index >= 15 is 0 Å². The van der Waals surface area contributed by atoms with Gasteiger partial charge in [-0.25, -0.2) is 9.59 Å². The predicted molar refractivity (Wildman–Crippen MR) is 73.2 cm³/mol. The highest BCUT2D eigenvalue weighted by Crippen LogP contribution is 2.11. The molecule has 114 valence electrons. The van der Waals surface area contributed by atoms with Crippen molar-refractivity contribution in [2.75, 3.05) is 13.1 Å². The Labute approximate surface area is 118 Å². The number of urea groups is 1. The smallest absolute Gasteiger partial charge is 0.326 e. The zero-order chi connectivity index (χ0) is 15.3. The SMILES string of the molecule is CC(=O)NC1CCN(C(=O)NC(CC(C)C)C(=O)O)C1. The zero-order valence-electron chi connectivity index (χ0n) is 12.2. The van der Waals surface area contributed by atoms with E-state index in [1.54, 1.807) is 0 Å². The van der Waals surface area contributed by atoms with E-state index in [-0.39, 0.29) is 23.9 Å². The van der Waals surface area contributed by atoms with E-state index in [1.165, 1.54) is 11.8 Å². The third-order valence-electron chi connectivity index (χ3n) is 3.19. The number of carboxylic acid groups (broad SMARTS) is 1. The fourth-order valence-corrected chi connectivity index (χ4v) is 2.28. The van der Waals surface area contributed by atoms with E-state index in [0.29, 0.717) is 25.9 Å². The summed E-state index contributed by atoms with van der Waals surface area (Å²) in [7, 11) is 0. The first-order valence-corrected chi connectivity index (χ1v) is 6.85. The number of hydrogen-bond acceptors (Lipinski definition) is 3. The monoisotopic (exact) mass is 285 g/mol. The number of nitrogens with one attached hydrogen (secondary N) is 2. The van der Waals surface area contributed by atoms with Gasteiger partial charge in [-0.1, -0.05) is 13.8 Å². The van der Waals surface area contributed by atoms with Crippen molar-refractivity contribution in [2.24, 2.45) is 5.92 Å². The molecule has 0 aliphatic carbocycles. The van der Waals surface area contributed by atoms with Crippen molar-refractivity contribution in [3.05, 3.63) is 0 Å². The van der Waals surface area contributed by atoms with E-state index < -0.39 is 12.0 Å². The van der Waals surface area contributed by atoms with Gasteiger partial charge in [0.15, 0.2) is 0 Å². The molecule has 1 aliphatic rings. The minimum atomic E-state index is -1.02. The van der Waals surface area contributed by atoms with Crippen molar-refractivity contribution in [1.29, 1.82) is 0 Å². The molecule has 2 atom stereocenters. The van der Waals surface area contributed by atoms with Gasteiger partial charge >= 0.3 is 12.0 Å². The van der Waals surface area contributed by atoms with Gasteiger partial charge in [-0.15, -0.1) is 0 Å². The third kappa shape index (κ3) is 5.07. The quantitative estimate of drug-likeness (QED) is 0.681. The molecule has 7 heteroatoms. The lowest BCUT2D eigenvalue weighted by atomic mass is 10.0. The summed E-state index contributed by atoms with van der Waals surface area (Å²) in [6.45, 7) is 6.19. The summed E-state index contributed by atoms with van der Waals surface area (Å²) in [5, 5.41) is 14.4. The van der Waals surface area contributed by atoms with Crippen LogP contribution in [-0.2, 0) is 9.59 Å². The molecule has 0 bridgehead atoms. The highest BCUT2D eigenvalue weighted by atomic mass is 16.4. The van der Waals surface area contributed by atoms with E-state index in [4.69, 9.17) is 5.11 Å². The maximum atomic E-state index is 12.0. The minimum Gasteiger partial charge on any atom is -0.480 e. The molecule has 1 fully saturated rings. The lowest BCUT2D eigenvalue weighted by Crippen LogP contribution is -2.48. The molecule has 0 aromatic rings. The molecule has 20 heavy (non-hydrogen) atoms. The molecule has 1 heterocycles. The van der Waals surface area contributed by atoms with Gasteiger partial charge in [0.1, 0.15) is 6.04 Å². The van der Waals surface area contributed by atoms with Gasteiger partial charge in [-0.2, -0.15) is 0 Å². The summed E-state index contributed by atoms with van der Waals surface area (Å²) in [5.74, 6) is -0.966. The lowest BCUT2D eigenvalue weighted by molar-refractivity contribution is -0.139. The predicted octanol–water partition coefficient (Wildman–Crippen LogP) is 0.406. The van der Waals surface area contributed by atoms with Crippen LogP contribution in [0.25, 0.3) is 0 Å². The molecule has 0 aromatic heterocycles. The number of carbonyl (C=O) groups excluding carboxylic acids is 2. The lowest BCUT2D eigenvalue weighted by Gasteiger charge is -2.22. The van der Waals surface area contributed by atoms with Crippen molar-refractivity contribution in [1.82, 2.24) is 15.5 Å². The van der Waals surface area contributed by atoms with E-state index in [2.05, 4.69) is 10.6 Å². The molecule has 3 amide bonds. The number of rotatable bonds is 5. The second-order valence-electron chi connectivity index (χ2n) is 5.60. The maximum absolute atomic E-state index is 12.0. The van der Waals surface area contributed by atoms with Crippen molar-refractivity contribution in [3.8, 4) is 0 Å². The van der Waals surface area contributed by atoms with Crippen LogP contribution in [0.2, 0.25) is 0 Å².